The average molecular weight is 717 g/mol. The van der Waals surface area contributed by atoms with Crippen molar-refractivity contribution in [1.29, 1.82) is 5.26 Å². The molecule has 1 aromatic rings. The highest BCUT2D eigenvalue weighted by atomic mass is 19.3. The Morgan fingerprint density at radius 1 is 1.18 bits per heavy atom. The van der Waals surface area contributed by atoms with E-state index in [0.29, 0.717) is 25.8 Å². The quantitative estimate of drug-likeness (QED) is 0.252. The molecular formula is C34H43BF2N4O10. The summed E-state index contributed by atoms with van der Waals surface area (Å²) >= 11 is 0. The summed E-state index contributed by atoms with van der Waals surface area (Å²) < 4.78 is 44.5. The molecule has 5 rings (SSSR count). The fraction of sp³-hybridized carbons (Fsp3) is 0.647. The Hall–Kier alpha value is -4.30. The third-order valence-corrected chi connectivity index (χ3v) is 10.6. The van der Waals surface area contributed by atoms with Crippen molar-refractivity contribution < 1.29 is 57.0 Å². The lowest BCUT2D eigenvalue weighted by Gasteiger charge is -2.39. The molecule has 4 unspecified atom stereocenters. The number of carbonyl (C=O) groups excluding carboxylic acids is 3. The van der Waals surface area contributed by atoms with E-state index >= 15 is 0 Å². The number of alkyl carbamates (subject to hydrolysis) is 1. The largest absolute Gasteiger partial charge is 0.556 e. The zero-order valence-corrected chi connectivity index (χ0v) is 28.6. The number of carboxylic acid groups (broad SMARTS) is 2. The first-order chi connectivity index (χ1) is 24.0. The number of likely N-dealkylation sites (tertiary alicyclic amines) is 2. The molecule has 5 atom stereocenters. The smallest absolute Gasteiger partial charge is 0.508 e. The molecular weight excluding hydrogens is 673 g/mol. The van der Waals surface area contributed by atoms with Crippen LogP contribution in [0, 0.1) is 17.2 Å². The van der Waals surface area contributed by atoms with Crippen LogP contribution in [0.3, 0.4) is 0 Å². The predicted molar refractivity (Wildman–Crippen MR) is 174 cm³/mol. The molecule has 3 aliphatic heterocycles. The molecule has 14 nitrogen and oxygen atoms in total. The maximum atomic E-state index is 13.9. The fourth-order valence-electron chi connectivity index (χ4n) is 7.48. The normalized spacial score (nSPS) is 28.3. The second kappa shape index (κ2) is 14.7. The molecule has 276 valence electrons. The van der Waals surface area contributed by atoms with E-state index < -0.39 is 90.2 Å². The number of halogens is 2. The van der Waals surface area contributed by atoms with Crippen molar-refractivity contribution in [2.75, 3.05) is 26.2 Å². The first-order valence-corrected chi connectivity index (χ1v) is 17.2. The highest BCUT2D eigenvalue weighted by Crippen LogP contribution is 2.55. The maximum absolute atomic E-state index is 13.9. The minimum absolute atomic E-state index is 0.149. The van der Waals surface area contributed by atoms with Crippen LogP contribution < -0.4 is 5.32 Å². The summed E-state index contributed by atoms with van der Waals surface area (Å²) in [5.74, 6) is -8.92. The standard InChI is InChI=1S/C34H43BF2N4O10/c1-31(2,40-15-13-33(36,37)21-40)12-11-23(19-38)28(45)41-14-7-6-10-24(41)20-49-30(48)39-34(16-25(34)22-8-4-3-5-9-22)35-50-27(44)18-32(51-35,29(46)47)17-26(42)43/h3-5,8-9,23-25H,6-7,10-18,20-21H2,1-2H3,(H,39,48)(H,42,43)(H,46,47)/t23?,24-,25?,32?,34?/m1/s1. The van der Waals surface area contributed by atoms with Gasteiger partial charge in [0.15, 0.2) is 5.60 Å². The molecule has 51 heavy (non-hydrogen) atoms. The van der Waals surface area contributed by atoms with Crippen LogP contribution in [-0.2, 0) is 33.2 Å². The van der Waals surface area contributed by atoms with Gasteiger partial charge in [0.25, 0.3) is 11.9 Å². The molecule has 0 spiro atoms. The summed E-state index contributed by atoms with van der Waals surface area (Å²) in [5, 5.41) is 32.0. The molecule has 2 amide bonds. The van der Waals surface area contributed by atoms with Crippen LogP contribution in [-0.4, -0.2) is 112 Å². The number of nitrogens with one attached hydrogen (secondary N) is 1. The van der Waals surface area contributed by atoms with E-state index in [1.807, 2.05) is 13.8 Å². The summed E-state index contributed by atoms with van der Waals surface area (Å²) in [4.78, 5) is 66.8. The van der Waals surface area contributed by atoms with Crippen LogP contribution in [0.4, 0.5) is 13.6 Å². The zero-order chi connectivity index (χ0) is 37.2. The van der Waals surface area contributed by atoms with Crippen molar-refractivity contribution in [3.8, 4) is 6.07 Å². The molecule has 4 fully saturated rings. The Balaban J connectivity index is 1.26. The highest BCUT2D eigenvalue weighted by Gasteiger charge is 2.71. The number of nitrogens with zero attached hydrogens (tertiary/aromatic N) is 3. The van der Waals surface area contributed by atoms with Crippen LogP contribution in [0.15, 0.2) is 30.3 Å². The Morgan fingerprint density at radius 2 is 1.90 bits per heavy atom. The number of hydrogen-bond acceptors (Lipinski definition) is 10. The van der Waals surface area contributed by atoms with Crippen molar-refractivity contribution in [3.05, 3.63) is 35.9 Å². The number of hydrogen-bond donors (Lipinski definition) is 3. The summed E-state index contributed by atoms with van der Waals surface area (Å²) in [6.45, 7) is 3.60. The Bertz CT molecular complexity index is 1560. The van der Waals surface area contributed by atoms with Crippen LogP contribution in [0.5, 0.6) is 0 Å². The summed E-state index contributed by atoms with van der Waals surface area (Å²) in [7, 11) is -1.66. The molecule has 3 N–H and O–H groups in total. The number of nitriles is 1. The van der Waals surface area contributed by atoms with Crippen molar-refractivity contribution in [2.45, 2.75) is 106 Å². The third-order valence-electron chi connectivity index (χ3n) is 10.6. The maximum Gasteiger partial charge on any atom is 0.556 e. The lowest BCUT2D eigenvalue weighted by atomic mass is 9.69. The van der Waals surface area contributed by atoms with Gasteiger partial charge in [-0.3, -0.25) is 19.3 Å². The first kappa shape index (κ1) is 37.9. The molecule has 0 bridgehead atoms. The number of carbonyl (C=O) groups is 5. The van der Waals surface area contributed by atoms with Gasteiger partial charge in [-0.1, -0.05) is 30.3 Å². The van der Waals surface area contributed by atoms with E-state index in [1.165, 1.54) is 4.90 Å². The van der Waals surface area contributed by atoms with Crippen molar-refractivity contribution in [1.82, 2.24) is 15.1 Å². The number of rotatable bonds is 13. The first-order valence-electron chi connectivity index (χ1n) is 17.2. The summed E-state index contributed by atoms with van der Waals surface area (Å²) in [5.41, 5.74) is -3.85. The fourth-order valence-corrected chi connectivity index (χ4v) is 7.48. The van der Waals surface area contributed by atoms with E-state index in [9.17, 15) is 48.2 Å². The average Bonchev–Trinajstić information content (AvgIpc) is 3.68. The van der Waals surface area contributed by atoms with Crippen LogP contribution in [0.25, 0.3) is 0 Å². The molecule has 1 saturated carbocycles. The van der Waals surface area contributed by atoms with Gasteiger partial charge in [-0.2, -0.15) is 5.26 Å². The number of carboxylic acids is 2. The lowest BCUT2D eigenvalue weighted by molar-refractivity contribution is -0.175. The van der Waals surface area contributed by atoms with E-state index in [4.69, 9.17) is 14.0 Å². The zero-order valence-electron chi connectivity index (χ0n) is 28.6. The molecule has 4 aliphatic rings. The molecule has 3 saturated heterocycles. The monoisotopic (exact) mass is 716 g/mol. The van der Waals surface area contributed by atoms with Crippen LogP contribution >= 0.6 is 0 Å². The molecule has 3 heterocycles. The van der Waals surface area contributed by atoms with Gasteiger partial charge in [0.05, 0.1) is 36.9 Å². The third kappa shape index (κ3) is 8.44. The van der Waals surface area contributed by atoms with Gasteiger partial charge < -0.3 is 34.5 Å². The predicted octanol–water partition coefficient (Wildman–Crippen LogP) is 3.35. The Labute approximate surface area is 294 Å². The molecule has 17 heteroatoms. The summed E-state index contributed by atoms with van der Waals surface area (Å²) in [6.07, 6.45) is -0.504. The van der Waals surface area contributed by atoms with Gasteiger partial charge in [0, 0.05) is 31.0 Å². The number of aliphatic carboxylic acids is 2. The number of piperidine rings is 1. The van der Waals surface area contributed by atoms with E-state index in [0.717, 1.165) is 12.0 Å². The molecule has 0 radical (unpaired) electrons. The lowest BCUT2D eigenvalue weighted by Crippen LogP contribution is -2.63. The second-order valence-electron chi connectivity index (χ2n) is 14.7. The minimum Gasteiger partial charge on any atom is -0.508 e. The second-order valence-corrected chi connectivity index (χ2v) is 14.7. The van der Waals surface area contributed by atoms with Gasteiger partial charge in [-0.05, 0) is 57.9 Å². The van der Waals surface area contributed by atoms with Crippen LogP contribution in [0.1, 0.15) is 83.1 Å². The Morgan fingerprint density at radius 3 is 2.53 bits per heavy atom. The van der Waals surface area contributed by atoms with E-state index in [1.54, 1.807) is 35.2 Å². The van der Waals surface area contributed by atoms with Gasteiger partial charge in [0.2, 0.25) is 5.91 Å². The number of ether oxygens (including phenoxy) is 1. The van der Waals surface area contributed by atoms with Gasteiger partial charge >= 0.3 is 25.2 Å². The minimum atomic E-state index is -2.77. The Kier molecular flexibility index (Phi) is 11.0. The van der Waals surface area contributed by atoms with Crippen molar-refractivity contribution in [3.63, 3.8) is 0 Å². The van der Waals surface area contributed by atoms with E-state index in [2.05, 4.69) is 11.4 Å². The van der Waals surface area contributed by atoms with Gasteiger partial charge in [-0.15, -0.1) is 0 Å². The van der Waals surface area contributed by atoms with E-state index in [-0.39, 0.29) is 39.0 Å². The number of amides is 2. The van der Waals surface area contributed by atoms with Gasteiger partial charge in [0.1, 0.15) is 12.5 Å². The SMILES string of the molecule is CC(C)(CCC(C#N)C(=O)N1CCCC[C@@H]1COC(=O)NC1(B2OC(=O)CC(CC(=O)O)(C(=O)O)O2)CC1c1ccccc1)N1CCC(F)(F)C1. The summed E-state index contributed by atoms with van der Waals surface area (Å²) in [6, 6.07) is 10.3. The van der Waals surface area contributed by atoms with Crippen molar-refractivity contribution in [2.24, 2.45) is 5.92 Å². The molecule has 1 aromatic carbocycles. The van der Waals surface area contributed by atoms with Gasteiger partial charge in [-0.25, -0.2) is 18.4 Å². The van der Waals surface area contributed by atoms with Crippen LogP contribution in [0.2, 0.25) is 0 Å². The number of alkyl halides is 2. The highest BCUT2D eigenvalue weighted by molar-refractivity contribution is 6.54. The topological polar surface area (TPSA) is 196 Å². The van der Waals surface area contributed by atoms with Crippen molar-refractivity contribution >= 4 is 37.0 Å². The molecule has 1 aliphatic carbocycles. The molecule has 0 aromatic heterocycles. The number of benzene rings is 1.